The van der Waals surface area contributed by atoms with Crippen LogP contribution in [-0.2, 0) is 0 Å². The molecule has 1 N–H and O–H groups in total. The second-order valence-corrected chi connectivity index (χ2v) is 5.67. The Labute approximate surface area is 112 Å². The number of nitrogens with one attached hydrogen (secondary N) is 1. The topological polar surface area (TPSA) is 37.8 Å². The van der Waals surface area contributed by atoms with Crippen LogP contribution in [0, 0.1) is 6.92 Å². The maximum Gasteiger partial charge on any atom is 0.148 e. The number of fused-ring (bicyclic) bond motifs is 1. The first kappa shape index (κ1) is 13.1. The molecule has 0 aliphatic carbocycles. The lowest BCUT2D eigenvalue weighted by molar-refractivity contribution is 0.896. The van der Waals surface area contributed by atoms with Crippen molar-refractivity contribution < 1.29 is 0 Å². The van der Waals surface area contributed by atoms with Gasteiger partial charge in [-0.2, -0.15) is 11.8 Å². The van der Waals surface area contributed by atoms with Crippen LogP contribution in [0.25, 0.3) is 11.0 Å². The van der Waals surface area contributed by atoms with E-state index >= 15 is 0 Å². The van der Waals surface area contributed by atoms with Gasteiger partial charge in [0.15, 0.2) is 0 Å². The number of aromatic nitrogens is 2. The Morgan fingerprint density at radius 2 is 1.89 bits per heavy atom. The van der Waals surface area contributed by atoms with Crippen molar-refractivity contribution >= 4 is 28.6 Å². The Hall–Kier alpha value is -1.29. The van der Waals surface area contributed by atoms with Gasteiger partial charge in [0.1, 0.15) is 5.82 Å². The molecule has 0 aliphatic heterocycles. The highest BCUT2D eigenvalue weighted by Crippen LogP contribution is 2.17. The van der Waals surface area contributed by atoms with Gasteiger partial charge in [-0.25, -0.2) is 9.97 Å². The first-order valence-corrected chi connectivity index (χ1v) is 7.44. The number of hydrogen-bond donors (Lipinski definition) is 1. The fourth-order valence-electron chi connectivity index (χ4n) is 1.79. The summed E-state index contributed by atoms with van der Waals surface area (Å²) in [5.41, 5.74) is 2.86. The number of nitrogens with zero attached hydrogens (tertiary/aromatic N) is 2. The summed E-state index contributed by atoms with van der Waals surface area (Å²) in [6.07, 6.45) is 0. The van der Waals surface area contributed by atoms with E-state index in [1.807, 2.05) is 43.0 Å². The highest BCUT2D eigenvalue weighted by molar-refractivity contribution is 7.99. The standard InChI is InChI=1S/C14H19N3S/c1-4-18-9-10(2)15-14-11(3)16-12-7-5-6-8-13(12)17-14/h5-8,10H,4,9H2,1-3H3,(H,15,17). The fraction of sp³-hybridized carbons (Fsp3) is 0.429. The minimum atomic E-state index is 0.407. The summed E-state index contributed by atoms with van der Waals surface area (Å²) in [4.78, 5) is 9.22. The predicted octanol–water partition coefficient (Wildman–Crippen LogP) is 3.49. The highest BCUT2D eigenvalue weighted by Gasteiger charge is 2.08. The molecule has 0 saturated heterocycles. The molecule has 2 aromatic rings. The van der Waals surface area contributed by atoms with Crippen LogP contribution < -0.4 is 5.32 Å². The smallest absolute Gasteiger partial charge is 0.148 e. The molecule has 0 spiro atoms. The lowest BCUT2D eigenvalue weighted by Gasteiger charge is -2.15. The Morgan fingerprint density at radius 1 is 1.22 bits per heavy atom. The van der Waals surface area contributed by atoms with Crippen LogP contribution in [0.1, 0.15) is 19.5 Å². The van der Waals surface area contributed by atoms with Gasteiger partial charge in [-0.3, -0.25) is 0 Å². The number of hydrogen-bond acceptors (Lipinski definition) is 4. The third-order valence-corrected chi connectivity index (χ3v) is 3.84. The zero-order valence-electron chi connectivity index (χ0n) is 11.1. The largest absolute Gasteiger partial charge is 0.365 e. The third-order valence-electron chi connectivity index (χ3n) is 2.70. The van der Waals surface area contributed by atoms with Crippen molar-refractivity contribution in [2.75, 3.05) is 16.8 Å². The quantitative estimate of drug-likeness (QED) is 0.894. The number of anilines is 1. The maximum atomic E-state index is 4.64. The van der Waals surface area contributed by atoms with Crippen molar-refractivity contribution in [1.82, 2.24) is 9.97 Å². The van der Waals surface area contributed by atoms with Crippen molar-refractivity contribution in [3.8, 4) is 0 Å². The molecule has 0 aliphatic rings. The molecule has 0 amide bonds. The molecule has 0 saturated carbocycles. The van der Waals surface area contributed by atoms with Gasteiger partial charge in [-0.05, 0) is 31.7 Å². The van der Waals surface area contributed by atoms with E-state index in [0.29, 0.717) is 6.04 Å². The Bertz CT molecular complexity index is 527. The lowest BCUT2D eigenvalue weighted by atomic mass is 10.3. The second kappa shape index (κ2) is 6.05. The summed E-state index contributed by atoms with van der Waals surface area (Å²) in [5, 5.41) is 3.44. The molecule has 0 bridgehead atoms. The summed E-state index contributed by atoms with van der Waals surface area (Å²) in [6.45, 7) is 6.36. The highest BCUT2D eigenvalue weighted by atomic mass is 32.2. The summed E-state index contributed by atoms with van der Waals surface area (Å²) < 4.78 is 0. The van der Waals surface area contributed by atoms with Gasteiger partial charge in [0, 0.05) is 11.8 Å². The first-order valence-electron chi connectivity index (χ1n) is 6.28. The van der Waals surface area contributed by atoms with E-state index in [4.69, 9.17) is 0 Å². The van der Waals surface area contributed by atoms with E-state index in [-0.39, 0.29) is 0 Å². The van der Waals surface area contributed by atoms with Gasteiger partial charge in [0.25, 0.3) is 0 Å². The van der Waals surface area contributed by atoms with Gasteiger partial charge >= 0.3 is 0 Å². The Kier molecular flexibility index (Phi) is 4.42. The summed E-state index contributed by atoms with van der Waals surface area (Å²) in [5.74, 6) is 3.14. The molecule has 4 heteroatoms. The molecule has 2 rings (SSSR count). The lowest BCUT2D eigenvalue weighted by Crippen LogP contribution is -2.20. The van der Waals surface area contributed by atoms with E-state index in [9.17, 15) is 0 Å². The normalized spacial score (nSPS) is 12.6. The van der Waals surface area contributed by atoms with Crippen molar-refractivity contribution in [3.05, 3.63) is 30.0 Å². The van der Waals surface area contributed by atoms with Crippen molar-refractivity contribution in [3.63, 3.8) is 0 Å². The van der Waals surface area contributed by atoms with Crippen LogP contribution >= 0.6 is 11.8 Å². The molecular formula is C14H19N3S. The first-order chi connectivity index (χ1) is 8.70. The van der Waals surface area contributed by atoms with Crippen molar-refractivity contribution in [2.24, 2.45) is 0 Å². The van der Waals surface area contributed by atoms with E-state index in [1.165, 1.54) is 0 Å². The van der Waals surface area contributed by atoms with Crippen molar-refractivity contribution in [1.29, 1.82) is 0 Å². The number of rotatable bonds is 5. The molecule has 0 radical (unpaired) electrons. The number of aryl methyl sites for hydroxylation is 1. The van der Waals surface area contributed by atoms with Gasteiger partial charge in [-0.15, -0.1) is 0 Å². The van der Waals surface area contributed by atoms with E-state index in [0.717, 1.165) is 34.1 Å². The molecule has 1 heterocycles. The molecule has 1 aromatic carbocycles. The van der Waals surface area contributed by atoms with Crippen LogP contribution in [0.5, 0.6) is 0 Å². The monoisotopic (exact) mass is 261 g/mol. The maximum absolute atomic E-state index is 4.64. The second-order valence-electron chi connectivity index (χ2n) is 4.35. The Morgan fingerprint density at radius 3 is 2.56 bits per heavy atom. The average Bonchev–Trinajstić information content (AvgIpc) is 2.37. The average molecular weight is 261 g/mol. The third kappa shape index (κ3) is 3.13. The SMILES string of the molecule is CCSCC(C)Nc1nc2ccccc2nc1C. The van der Waals surface area contributed by atoms with Gasteiger partial charge < -0.3 is 5.32 Å². The fourth-order valence-corrected chi connectivity index (χ4v) is 2.47. The van der Waals surface area contributed by atoms with Crippen LogP contribution in [-0.4, -0.2) is 27.5 Å². The zero-order valence-corrected chi connectivity index (χ0v) is 11.9. The minimum absolute atomic E-state index is 0.407. The summed E-state index contributed by atoms with van der Waals surface area (Å²) in [7, 11) is 0. The molecule has 1 aromatic heterocycles. The molecule has 18 heavy (non-hydrogen) atoms. The van der Waals surface area contributed by atoms with Crippen LogP contribution in [0.15, 0.2) is 24.3 Å². The summed E-state index contributed by atoms with van der Waals surface area (Å²) >= 11 is 1.93. The number of thioether (sulfide) groups is 1. The zero-order chi connectivity index (χ0) is 13.0. The van der Waals surface area contributed by atoms with E-state index < -0.39 is 0 Å². The molecule has 96 valence electrons. The van der Waals surface area contributed by atoms with Gasteiger partial charge in [0.05, 0.1) is 16.7 Å². The molecule has 3 nitrogen and oxygen atoms in total. The minimum Gasteiger partial charge on any atom is -0.365 e. The van der Waals surface area contributed by atoms with Crippen LogP contribution in [0.3, 0.4) is 0 Å². The summed E-state index contributed by atoms with van der Waals surface area (Å²) in [6, 6.07) is 8.38. The van der Waals surface area contributed by atoms with E-state index in [2.05, 4.69) is 29.1 Å². The van der Waals surface area contributed by atoms with Gasteiger partial charge in [0.2, 0.25) is 0 Å². The number of benzene rings is 1. The molecule has 1 unspecified atom stereocenters. The van der Waals surface area contributed by atoms with Crippen LogP contribution in [0.4, 0.5) is 5.82 Å². The van der Waals surface area contributed by atoms with Crippen LogP contribution in [0.2, 0.25) is 0 Å². The number of para-hydroxylation sites is 2. The Balaban J connectivity index is 2.19. The molecular weight excluding hydrogens is 242 g/mol. The predicted molar refractivity (Wildman–Crippen MR) is 80.4 cm³/mol. The van der Waals surface area contributed by atoms with Crippen molar-refractivity contribution in [2.45, 2.75) is 26.8 Å². The molecule has 0 fully saturated rings. The molecule has 1 atom stereocenters. The van der Waals surface area contributed by atoms with E-state index in [1.54, 1.807) is 0 Å². The van der Waals surface area contributed by atoms with Gasteiger partial charge in [-0.1, -0.05) is 19.1 Å².